The number of alkyl halides is 1. The van der Waals surface area contributed by atoms with Crippen molar-refractivity contribution < 1.29 is 4.74 Å². The number of pyridine rings is 1. The van der Waals surface area contributed by atoms with Crippen molar-refractivity contribution >= 4 is 22.8 Å². The van der Waals surface area contributed by atoms with Gasteiger partial charge in [0.15, 0.2) is 5.65 Å². The van der Waals surface area contributed by atoms with E-state index in [9.17, 15) is 0 Å². The van der Waals surface area contributed by atoms with Crippen LogP contribution >= 0.6 is 11.6 Å². The number of rotatable bonds is 6. The van der Waals surface area contributed by atoms with Crippen LogP contribution in [0.1, 0.15) is 25.7 Å². The maximum atomic E-state index is 5.89. The number of ether oxygens (including phenoxy) is 1. The van der Waals surface area contributed by atoms with Crippen LogP contribution in [-0.2, 0) is 11.2 Å². The third kappa shape index (κ3) is 2.90. The molecule has 4 nitrogen and oxygen atoms in total. The van der Waals surface area contributed by atoms with E-state index >= 15 is 0 Å². The Morgan fingerprint density at radius 1 is 1.42 bits per heavy atom. The summed E-state index contributed by atoms with van der Waals surface area (Å²) in [6.07, 6.45) is 2.54. The van der Waals surface area contributed by atoms with Gasteiger partial charge in [0.2, 0.25) is 0 Å². The second-order valence-corrected chi connectivity index (χ2v) is 5.33. The van der Waals surface area contributed by atoms with Gasteiger partial charge in [0, 0.05) is 25.6 Å². The average molecular weight is 282 g/mol. The standard InChI is InChI=1S/C14H20ClN3O/c1-10(2)12(9-19-3)18-13(6-7-15)17-11-5-4-8-16-14(11)18/h4-5,8,10,12H,6-7,9H2,1-3H3. The zero-order valence-electron chi connectivity index (χ0n) is 11.6. The van der Waals surface area contributed by atoms with E-state index in [1.807, 2.05) is 12.1 Å². The molecular weight excluding hydrogens is 262 g/mol. The highest BCUT2D eigenvalue weighted by molar-refractivity contribution is 6.17. The highest BCUT2D eigenvalue weighted by atomic mass is 35.5. The van der Waals surface area contributed by atoms with Gasteiger partial charge in [-0.15, -0.1) is 11.6 Å². The van der Waals surface area contributed by atoms with Crippen molar-refractivity contribution in [1.29, 1.82) is 0 Å². The maximum absolute atomic E-state index is 5.89. The molecule has 1 atom stereocenters. The Morgan fingerprint density at radius 2 is 2.21 bits per heavy atom. The second kappa shape index (κ2) is 6.35. The fourth-order valence-electron chi connectivity index (χ4n) is 2.32. The number of hydrogen-bond donors (Lipinski definition) is 0. The number of aryl methyl sites for hydroxylation is 1. The zero-order valence-corrected chi connectivity index (χ0v) is 12.4. The van der Waals surface area contributed by atoms with E-state index in [4.69, 9.17) is 16.3 Å². The van der Waals surface area contributed by atoms with Crippen molar-refractivity contribution in [2.24, 2.45) is 5.92 Å². The first-order chi connectivity index (χ1) is 9.19. The van der Waals surface area contributed by atoms with Gasteiger partial charge in [0.05, 0.1) is 12.6 Å². The first-order valence-electron chi connectivity index (χ1n) is 6.55. The minimum Gasteiger partial charge on any atom is -0.383 e. The van der Waals surface area contributed by atoms with E-state index in [-0.39, 0.29) is 6.04 Å². The fraction of sp³-hybridized carbons (Fsp3) is 0.571. The van der Waals surface area contributed by atoms with E-state index < -0.39 is 0 Å². The Bertz CT molecular complexity index is 538. The van der Waals surface area contributed by atoms with Gasteiger partial charge in [-0.05, 0) is 18.1 Å². The van der Waals surface area contributed by atoms with E-state index in [0.717, 1.165) is 23.4 Å². The Morgan fingerprint density at radius 3 is 2.84 bits per heavy atom. The summed E-state index contributed by atoms with van der Waals surface area (Å²) in [5.41, 5.74) is 1.84. The molecule has 0 saturated heterocycles. The third-order valence-corrected chi connectivity index (χ3v) is 3.47. The normalized spacial score (nSPS) is 13.3. The lowest BCUT2D eigenvalue weighted by Gasteiger charge is -2.24. The van der Waals surface area contributed by atoms with E-state index in [1.54, 1.807) is 13.3 Å². The molecule has 1 unspecified atom stereocenters. The average Bonchev–Trinajstić information content (AvgIpc) is 2.74. The lowest BCUT2D eigenvalue weighted by molar-refractivity contribution is 0.133. The summed E-state index contributed by atoms with van der Waals surface area (Å²) in [4.78, 5) is 9.12. The Kier molecular flexibility index (Phi) is 4.77. The van der Waals surface area contributed by atoms with Crippen LogP contribution in [-0.4, -0.2) is 34.1 Å². The van der Waals surface area contributed by atoms with Gasteiger partial charge in [-0.1, -0.05) is 13.8 Å². The molecule has 0 spiro atoms. The molecule has 0 aromatic carbocycles. The van der Waals surface area contributed by atoms with E-state index in [0.29, 0.717) is 18.4 Å². The van der Waals surface area contributed by atoms with E-state index in [1.165, 1.54) is 0 Å². The Hall–Kier alpha value is -1.13. The summed E-state index contributed by atoms with van der Waals surface area (Å²) in [5, 5.41) is 0. The van der Waals surface area contributed by atoms with Gasteiger partial charge in [0.25, 0.3) is 0 Å². The van der Waals surface area contributed by atoms with E-state index in [2.05, 4.69) is 28.4 Å². The van der Waals surface area contributed by atoms with Gasteiger partial charge < -0.3 is 9.30 Å². The van der Waals surface area contributed by atoms with Crippen molar-refractivity contribution in [1.82, 2.24) is 14.5 Å². The predicted molar refractivity (Wildman–Crippen MR) is 77.7 cm³/mol. The Labute approximate surface area is 118 Å². The van der Waals surface area contributed by atoms with Crippen LogP contribution in [0, 0.1) is 5.92 Å². The molecule has 104 valence electrons. The molecule has 2 aromatic rings. The van der Waals surface area contributed by atoms with Crippen molar-refractivity contribution in [3.05, 3.63) is 24.2 Å². The molecule has 0 N–H and O–H groups in total. The quantitative estimate of drug-likeness (QED) is 0.764. The molecule has 0 fully saturated rings. The first-order valence-corrected chi connectivity index (χ1v) is 7.09. The molecule has 0 radical (unpaired) electrons. The molecule has 0 saturated carbocycles. The van der Waals surface area contributed by atoms with Gasteiger partial charge in [-0.3, -0.25) is 0 Å². The molecule has 5 heteroatoms. The number of imidazole rings is 1. The van der Waals surface area contributed by atoms with Crippen LogP contribution in [0.5, 0.6) is 0 Å². The molecule has 0 bridgehead atoms. The predicted octanol–water partition coefficient (Wildman–Crippen LogP) is 3.06. The summed E-state index contributed by atoms with van der Waals surface area (Å²) in [6.45, 7) is 5.01. The number of hydrogen-bond acceptors (Lipinski definition) is 3. The second-order valence-electron chi connectivity index (χ2n) is 4.95. The van der Waals surface area contributed by atoms with Gasteiger partial charge in [-0.2, -0.15) is 0 Å². The molecule has 2 heterocycles. The summed E-state index contributed by atoms with van der Waals surface area (Å²) in [5.74, 6) is 1.98. The van der Waals surface area contributed by atoms with Crippen LogP contribution in [0.25, 0.3) is 11.2 Å². The molecule has 0 aliphatic heterocycles. The number of aromatic nitrogens is 3. The third-order valence-electron chi connectivity index (χ3n) is 3.28. The summed E-state index contributed by atoms with van der Waals surface area (Å²) in [7, 11) is 1.73. The summed E-state index contributed by atoms with van der Waals surface area (Å²) >= 11 is 5.89. The number of halogens is 1. The number of nitrogens with zero attached hydrogens (tertiary/aromatic N) is 3. The lowest BCUT2D eigenvalue weighted by Crippen LogP contribution is -2.22. The summed E-state index contributed by atoms with van der Waals surface area (Å²) < 4.78 is 7.55. The molecule has 0 amide bonds. The maximum Gasteiger partial charge on any atom is 0.160 e. The van der Waals surface area contributed by atoms with Crippen LogP contribution in [0.4, 0.5) is 0 Å². The molecular formula is C14H20ClN3O. The highest BCUT2D eigenvalue weighted by Crippen LogP contribution is 2.25. The molecule has 19 heavy (non-hydrogen) atoms. The number of methoxy groups -OCH3 is 1. The molecule has 2 aromatic heterocycles. The van der Waals surface area contributed by atoms with Crippen LogP contribution < -0.4 is 0 Å². The van der Waals surface area contributed by atoms with Crippen molar-refractivity contribution in [2.75, 3.05) is 19.6 Å². The highest BCUT2D eigenvalue weighted by Gasteiger charge is 2.22. The first kappa shape index (κ1) is 14.3. The smallest absolute Gasteiger partial charge is 0.160 e. The summed E-state index contributed by atoms with van der Waals surface area (Å²) in [6, 6.07) is 4.12. The number of fused-ring (bicyclic) bond motifs is 1. The minimum absolute atomic E-state index is 0.225. The SMILES string of the molecule is COCC(C(C)C)n1c(CCCl)nc2cccnc21. The van der Waals surface area contributed by atoms with Crippen molar-refractivity contribution in [3.63, 3.8) is 0 Å². The topological polar surface area (TPSA) is 39.9 Å². The monoisotopic (exact) mass is 281 g/mol. The van der Waals surface area contributed by atoms with Crippen molar-refractivity contribution in [3.8, 4) is 0 Å². The minimum atomic E-state index is 0.225. The fourth-order valence-corrected chi connectivity index (χ4v) is 2.49. The van der Waals surface area contributed by atoms with Gasteiger partial charge in [-0.25, -0.2) is 9.97 Å². The lowest BCUT2D eigenvalue weighted by atomic mass is 10.0. The largest absolute Gasteiger partial charge is 0.383 e. The molecule has 2 rings (SSSR count). The van der Waals surface area contributed by atoms with Crippen LogP contribution in [0.2, 0.25) is 0 Å². The molecule has 0 aliphatic rings. The zero-order chi connectivity index (χ0) is 13.8. The molecule has 0 aliphatic carbocycles. The van der Waals surface area contributed by atoms with Crippen LogP contribution in [0.3, 0.4) is 0 Å². The van der Waals surface area contributed by atoms with Gasteiger partial charge >= 0.3 is 0 Å². The van der Waals surface area contributed by atoms with Crippen molar-refractivity contribution in [2.45, 2.75) is 26.3 Å². The van der Waals surface area contributed by atoms with Crippen LogP contribution in [0.15, 0.2) is 18.3 Å². The van der Waals surface area contributed by atoms with Gasteiger partial charge in [0.1, 0.15) is 11.3 Å². The Balaban J connectivity index is 2.56.